The van der Waals surface area contributed by atoms with Gasteiger partial charge in [0, 0.05) is 0 Å². The summed E-state index contributed by atoms with van der Waals surface area (Å²) < 4.78 is 54.7. The lowest BCUT2D eigenvalue weighted by atomic mass is 10.1. The maximum absolute atomic E-state index is 13.2. The lowest BCUT2D eigenvalue weighted by Gasteiger charge is -2.17. The van der Waals surface area contributed by atoms with Gasteiger partial charge in [-0.2, -0.15) is 13.2 Å². The Bertz CT molecular complexity index is 442. The van der Waals surface area contributed by atoms with Crippen LogP contribution in [0.1, 0.15) is 5.56 Å². The zero-order valence-corrected chi connectivity index (χ0v) is 9.29. The van der Waals surface area contributed by atoms with E-state index in [1.165, 1.54) is 12.1 Å². The molecule has 100 valence electrons. The first-order valence-corrected chi connectivity index (χ1v) is 4.90. The molecule has 0 saturated carbocycles. The predicted molar refractivity (Wildman–Crippen MR) is 53.8 cm³/mol. The molecule has 0 radical (unpaired) electrons. The summed E-state index contributed by atoms with van der Waals surface area (Å²) >= 11 is 0. The van der Waals surface area contributed by atoms with Gasteiger partial charge >= 0.3 is 12.1 Å². The average molecular weight is 266 g/mol. The fourth-order valence-electron chi connectivity index (χ4n) is 1.20. The van der Waals surface area contributed by atoms with E-state index in [1.807, 2.05) is 0 Å². The highest BCUT2D eigenvalue weighted by atomic mass is 19.4. The Morgan fingerprint density at radius 3 is 2.56 bits per heavy atom. The standard InChI is InChI=1S/C11H10F4O3/c1-6-2-3-8(12)9(4-6)18-5-7(10(16)17)11(13,14)15/h2-4,7H,5H2,1H3,(H,16,17). The molecule has 1 unspecified atom stereocenters. The van der Waals surface area contributed by atoms with E-state index in [4.69, 9.17) is 5.11 Å². The molecule has 0 aliphatic heterocycles. The second-order valence-corrected chi connectivity index (χ2v) is 3.68. The molecule has 7 heteroatoms. The molecule has 0 spiro atoms. The molecule has 1 rings (SSSR count). The van der Waals surface area contributed by atoms with E-state index in [0.717, 1.165) is 6.07 Å². The SMILES string of the molecule is Cc1ccc(F)c(OCC(C(=O)O)C(F)(F)F)c1. The van der Waals surface area contributed by atoms with Gasteiger partial charge in [-0.3, -0.25) is 4.79 Å². The molecule has 0 bridgehead atoms. The number of rotatable bonds is 4. The smallest absolute Gasteiger partial charge is 0.405 e. The van der Waals surface area contributed by atoms with E-state index < -0.39 is 36.2 Å². The minimum absolute atomic E-state index is 0.398. The molecule has 0 aliphatic rings. The van der Waals surface area contributed by atoms with Crippen molar-refractivity contribution in [3.05, 3.63) is 29.6 Å². The van der Waals surface area contributed by atoms with Crippen molar-refractivity contribution in [2.24, 2.45) is 5.92 Å². The maximum Gasteiger partial charge on any atom is 0.405 e. The molecular weight excluding hydrogens is 256 g/mol. The third-order valence-electron chi connectivity index (χ3n) is 2.19. The number of hydrogen-bond donors (Lipinski definition) is 1. The largest absolute Gasteiger partial charge is 0.489 e. The molecule has 18 heavy (non-hydrogen) atoms. The molecule has 3 nitrogen and oxygen atoms in total. The third-order valence-corrected chi connectivity index (χ3v) is 2.19. The quantitative estimate of drug-likeness (QED) is 0.852. The zero-order chi connectivity index (χ0) is 13.9. The second-order valence-electron chi connectivity index (χ2n) is 3.68. The Balaban J connectivity index is 2.79. The number of halogens is 4. The Labute approximate surface area is 100.0 Å². The number of carboxylic acids is 1. The molecule has 1 atom stereocenters. The van der Waals surface area contributed by atoms with Crippen LogP contribution in [0.5, 0.6) is 5.75 Å². The zero-order valence-electron chi connectivity index (χ0n) is 9.29. The van der Waals surface area contributed by atoms with Crippen LogP contribution in [-0.4, -0.2) is 23.9 Å². The van der Waals surface area contributed by atoms with Gasteiger partial charge in [0.05, 0.1) is 0 Å². The Hall–Kier alpha value is -1.79. The van der Waals surface area contributed by atoms with Gasteiger partial charge in [0.2, 0.25) is 0 Å². The molecule has 0 aliphatic carbocycles. The summed E-state index contributed by atoms with van der Waals surface area (Å²) in [6.07, 6.45) is -4.94. The molecule has 0 fully saturated rings. The van der Waals surface area contributed by atoms with Crippen LogP contribution in [0.4, 0.5) is 17.6 Å². The highest BCUT2D eigenvalue weighted by molar-refractivity contribution is 5.71. The highest BCUT2D eigenvalue weighted by Gasteiger charge is 2.45. The average Bonchev–Trinajstić information content (AvgIpc) is 2.20. The summed E-state index contributed by atoms with van der Waals surface area (Å²) in [4.78, 5) is 10.4. The third kappa shape index (κ3) is 3.61. The summed E-state index contributed by atoms with van der Waals surface area (Å²) in [6, 6.07) is 3.65. The monoisotopic (exact) mass is 266 g/mol. The van der Waals surface area contributed by atoms with Gasteiger partial charge in [-0.15, -0.1) is 0 Å². The number of carbonyl (C=O) groups is 1. The Morgan fingerprint density at radius 1 is 1.44 bits per heavy atom. The summed E-state index contributed by atoms with van der Waals surface area (Å²) in [7, 11) is 0. The molecule has 0 aromatic heterocycles. The first-order valence-electron chi connectivity index (χ1n) is 4.90. The van der Waals surface area contributed by atoms with Crippen LogP contribution < -0.4 is 4.74 Å². The van der Waals surface area contributed by atoms with Gasteiger partial charge in [-0.1, -0.05) is 6.07 Å². The van der Waals surface area contributed by atoms with Crippen LogP contribution in [0.15, 0.2) is 18.2 Å². The minimum atomic E-state index is -4.94. The number of hydrogen-bond acceptors (Lipinski definition) is 2. The Morgan fingerprint density at radius 2 is 2.06 bits per heavy atom. The lowest BCUT2D eigenvalue weighted by Crippen LogP contribution is -2.35. The van der Waals surface area contributed by atoms with E-state index in [2.05, 4.69) is 4.74 Å². The lowest BCUT2D eigenvalue weighted by molar-refractivity contribution is -0.198. The number of aliphatic carboxylic acids is 1. The van der Waals surface area contributed by atoms with E-state index in [1.54, 1.807) is 6.92 Å². The first-order chi connectivity index (χ1) is 8.21. The molecule has 0 amide bonds. The molecule has 1 aromatic rings. The fourth-order valence-corrected chi connectivity index (χ4v) is 1.20. The topological polar surface area (TPSA) is 46.5 Å². The summed E-state index contributed by atoms with van der Waals surface area (Å²) in [5, 5.41) is 8.42. The van der Waals surface area contributed by atoms with E-state index in [9.17, 15) is 22.4 Å². The number of alkyl halides is 3. The summed E-state index contributed by atoms with van der Waals surface area (Å²) in [5.74, 6) is -5.98. The van der Waals surface area contributed by atoms with Crippen LogP contribution >= 0.6 is 0 Å². The van der Waals surface area contributed by atoms with Crippen LogP contribution in [0.25, 0.3) is 0 Å². The fraction of sp³-hybridized carbons (Fsp3) is 0.364. The van der Waals surface area contributed by atoms with Crippen molar-refractivity contribution in [1.82, 2.24) is 0 Å². The summed E-state index contributed by atoms with van der Waals surface area (Å²) in [5.41, 5.74) is 0.588. The van der Waals surface area contributed by atoms with Gasteiger partial charge in [-0.05, 0) is 24.6 Å². The van der Waals surface area contributed by atoms with Gasteiger partial charge in [0.1, 0.15) is 6.61 Å². The van der Waals surface area contributed by atoms with E-state index >= 15 is 0 Å². The van der Waals surface area contributed by atoms with Crippen molar-refractivity contribution in [2.75, 3.05) is 6.61 Å². The van der Waals surface area contributed by atoms with Crippen molar-refractivity contribution in [3.8, 4) is 5.75 Å². The van der Waals surface area contributed by atoms with Crippen molar-refractivity contribution >= 4 is 5.97 Å². The number of benzene rings is 1. The van der Waals surface area contributed by atoms with Crippen molar-refractivity contribution in [2.45, 2.75) is 13.1 Å². The Kier molecular flexibility index (Phi) is 4.15. The highest BCUT2D eigenvalue weighted by Crippen LogP contribution is 2.28. The molecule has 1 aromatic carbocycles. The van der Waals surface area contributed by atoms with Crippen molar-refractivity contribution in [3.63, 3.8) is 0 Å². The second kappa shape index (κ2) is 5.24. The predicted octanol–water partition coefficient (Wildman–Crippen LogP) is 2.78. The normalized spacial score (nSPS) is 13.2. The minimum Gasteiger partial charge on any atom is -0.489 e. The number of carboxylic acid groups (broad SMARTS) is 1. The molecule has 0 saturated heterocycles. The summed E-state index contributed by atoms with van der Waals surface area (Å²) in [6.45, 7) is 0.434. The van der Waals surface area contributed by atoms with Gasteiger partial charge in [-0.25, -0.2) is 4.39 Å². The molecular formula is C11H10F4O3. The molecule has 1 N–H and O–H groups in total. The van der Waals surface area contributed by atoms with Gasteiger partial charge in [0.25, 0.3) is 0 Å². The number of aryl methyl sites for hydroxylation is 1. The van der Waals surface area contributed by atoms with Gasteiger partial charge in [0.15, 0.2) is 17.5 Å². The van der Waals surface area contributed by atoms with Crippen LogP contribution in [0.3, 0.4) is 0 Å². The van der Waals surface area contributed by atoms with Crippen LogP contribution in [-0.2, 0) is 4.79 Å². The van der Waals surface area contributed by atoms with E-state index in [-0.39, 0.29) is 0 Å². The number of ether oxygens (including phenoxy) is 1. The van der Waals surface area contributed by atoms with Crippen LogP contribution in [0.2, 0.25) is 0 Å². The first kappa shape index (κ1) is 14.3. The van der Waals surface area contributed by atoms with E-state index in [0.29, 0.717) is 5.56 Å². The maximum atomic E-state index is 13.2. The van der Waals surface area contributed by atoms with Crippen molar-refractivity contribution in [1.29, 1.82) is 0 Å². The van der Waals surface area contributed by atoms with Crippen LogP contribution in [0, 0.1) is 18.7 Å². The van der Waals surface area contributed by atoms with Gasteiger partial charge < -0.3 is 9.84 Å². The molecule has 0 heterocycles. The van der Waals surface area contributed by atoms with Crippen molar-refractivity contribution < 1.29 is 32.2 Å².